The van der Waals surface area contributed by atoms with Gasteiger partial charge < -0.3 is 9.64 Å². The van der Waals surface area contributed by atoms with Crippen LogP contribution in [0.4, 0.5) is 4.39 Å². The van der Waals surface area contributed by atoms with Gasteiger partial charge in [-0.05, 0) is 23.8 Å². The molecule has 0 aliphatic carbocycles. The molecule has 0 spiro atoms. The molecule has 2 aromatic carbocycles. The summed E-state index contributed by atoms with van der Waals surface area (Å²) in [6, 6.07) is 14.3. The summed E-state index contributed by atoms with van der Waals surface area (Å²) in [5, 5.41) is 14.1. The number of aryl methyl sites for hydroxylation is 1. The Hall–Kier alpha value is -3.63. The van der Waals surface area contributed by atoms with Gasteiger partial charge in [0, 0.05) is 45.2 Å². The highest BCUT2D eigenvalue weighted by Crippen LogP contribution is 2.28. The summed E-state index contributed by atoms with van der Waals surface area (Å²) >= 11 is 0. The zero-order valence-corrected chi connectivity index (χ0v) is 19.5. The van der Waals surface area contributed by atoms with E-state index >= 15 is 0 Å². The third-order valence-corrected chi connectivity index (χ3v) is 6.89. The zero-order chi connectivity index (χ0) is 23.9. The summed E-state index contributed by atoms with van der Waals surface area (Å²) in [5.74, 6) is -0.302. The smallest absolute Gasteiger partial charge is 0.275 e. The van der Waals surface area contributed by atoms with E-state index < -0.39 is 0 Å². The summed E-state index contributed by atoms with van der Waals surface area (Å²) in [6.07, 6.45) is -0.245. The van der Waals surface area contributed by atoms with Crippen LogP contribution in [0.3, 0.4) is 0 Å². The summed E-state index contributed by atoms with van der Waals surface area (Å²) in [5.41, 5.74) is 4.10. The van der Waals surface area contributed by atoms with E-state index in [1.165, 1.54) is 12.1 Å². The Bertz CT molecular complexity index is 1390. The van der Waals surface area contributed by atoms with Crippen molar-refractivity contribution in [3.8, 4) is 0 Å². The average Bonchev–Trinajstić information content (AvgIpc) is 3.44. The molecule has 1 amide bonds. The maximum Gasteiger partial charge on any atom is 0.275 e. The van der Waals surface area contributed by atoms with Crippen molar-refractivity contribution in [2.45, 2.75) is 25.8 Å². The molecule has 4 aromatic rings. The molecule has 180 valence electrons. The first-order chi connectivity index (χ1) is 17.1. The van der Waals surface area contributed by atoms with E-state index in [-0.39, 0.29) is 17.8 Å². The first-order valence-electron chi connectivity index (χ1n) is 11.8. The van der Waals surface area contributed by atoms with Gasteiger partial charge in [0.1, 0.15) is 17.6 Å². The van der Waals surface area contributed by atoms with Gasteiger partial charge in [0.15, 0.2) is 5.69 Å². The fourth-order valence-electron chi connectivity index (χ4n) is 4.94. The van der Waals surface area contributed by atoms with Gasteiger partial charge in [-0.25, -0.2) is 9.07 Å². The minimum Gasteiger partial charge on any atom is -0.365 e. The summed E-state index contributed by atoms with van der Waals surface area (Å²) in [4.78, 5) is 17.3. The number of hydrogen-bond acceptors (Lipinski definition) is 6. The van der Waals surface area contributed by atoms with Crippen LogP contribution in [0.25, 0.3) is 10.9 Å². The average molecular weight is 476 g/mol. The van der Waals surface area contributed by atoms with Crippen LogP contribution in [0, 0.1) is 5.82 Å². The molecule has 1 saturated heterocycles. The van der Waals surface area contributed by atoms with E-state index in [0.29, 0.717) is 38.5 Å². The van der Waals surface area contributed by atoms with Gasteiger partial charge in [0.2, 0.25) is 0 Å². The molecule has 4 heterocycles. The molecule has 6 rings (SSSR count). The second-order valence-corrected chi connectivity index (χ2v) is 9.08. The van der Waals surface area contributed by atoms with E-state index in [1.807, 2.05) is 47.0 Å². The quantitative estimate of drug-likeness (QED) is 0.451. The maximum atomic E-state index is 13.6. The Morgan fingerprint density at radius 3 is 2.77 bits per heavy atom. The highest BCUT2D eigenvalue weighted by molar-refractivity contribution is 6.04. The van der Waals surface area contributed by atoms with Crippen LogP contribution in [-0.4, -0.2) is 66.7 Å². The lowest BCUT2D eigenvalue weighted by atomic mass is 10.1. The van der Waals surface area contributed by atoms with Gasteiger partial charge in [-0.2, -0.15) is 5.10 Å². The largest absolute Gasteiger partial charge is 0.365 e. The van der Waals surface area contributed by atoms with Crippen LogP contribution >= 0.6 is 0 Å². The van der Waals surface area contributed by atoms with Gasteiger partial charge in [-0.15, -0.1) is 5.10 Å². The van der Waals surface area contributed by atoms with Crippen LogP contribution in [0.2, 0.25) is 0 Å². The number of para-hydroxylation sites is 1. The molecule has 2 aliphatic rings. The Morgan fingerprint density at radius 1 is 1.11 bits per heavy atom. The fraction of sp³-hybridized carbons (Fsp3) is 0.360. The first-order valence-corrected chi connectivity index (χ1v) is 11.8. The summed E-state index contributed by atoms with van der Waals surface area (Å²) < 4.78 is 23.2. The van der Waals surface area contributed by atoms with Gasteiger partial charge >= 0.3 is 0 Å². The number of amides is 1. The SMILES string of the molecule is Cn1nc(C(=O)N2CCN(Cc3nnn4c3COC(c3cccc(F)c3)C4)CC2)c2ccccc21. The lowest BCUT2D eigenvalue weighted by molar-refractivity contribution is -0.00236. The molecule has 10 heteroatoms. The number of piperazine rings is 1. The summed E-state index contributed by atoms with van der Waals surface area (Å²) in [7, 11) is 1.86. The molecule has 1 fully saturated rings. The van der Waals surface area contributed by atoms with Crippen molar-refractivity contribution >= 4 is 16.8 Å². The van der Waals surface area contributed by atoms with Crippen molar-refractivity contribution in [2.75, 3.05) is 26.2 Å². The van der Waals surface area contributed by atoms with Crippen molar-refractivity contribution in [3.63, 3.8) is 0 Å². The Morgan fingerprint density at radius 2 is 1.94 bits per heavy atom. The third kappa shape index (κ3) is 4.08. The normalized spacial score (nSPS) is 18.7. The second kappa shape index (κ2) is 8.86. The number of halogens is 1. The van der Waals surface area contributed by atoms with Crippen LogP contribution in [0.15, 0.2) is 48.5 Å². The molecule has 0 radical (unpaired) electrons. The number of hydrogen-bond donors (Lipinski definition) is 0. The number of aromatic nitrogens is 5. The minimum atomic E-state index is -0.273. The number of nitrogens with zero attached hydrogens (tertiary/aromatic N) is 7. The number of ether oxygens (including phenoxy) is 1. The number of benzene rings is 2. The molecule has 0 N–H and O–H groups in total. The van der Waals surface area contributed by atoms with E-state index in [1.54, 1.807) is 10.7 Å². The van der Waals surface area contributed by atoms with E-state index in [9.17, 15) is 9.18 Å². The van der Waals surface area contributed by atoms with E-state index in [4.69, 9.17) is 4.74 Å². The van der Waals surface area contributed by atoms with Crippen LogP contribution < -0.4 is 0 Å². The Kier molecular flexibility index (Phi) is 5.54. The minimum absolute atomic E-state index is 0.0284. The van der Waals surface area contributed by atoms with Gasteiger partial charge in [0.05, 0.1) is 24.4 Å². The standard InChI is InChI=1S/C25H26FN7O2/c1-30-21-8-3-2-7-19(21)24(28-30)25(34)32-11-9-31(10-12-32)14-20-22-16-35-23(15-33(22)29-27-20)17-5-4-6-18(26)13-17/h2-8,13,23H,9-12,14-16H2,1H3. The second-order valence-electron chi connectivity index (χ2n) is 9.08. The fourth-order valence-corrected chi connectivity index (χ4v) is 4.94. The number of rotatable bonds is 4. The zero-order valence-electron chi connectivity index (χ0n) is 19.5. The topological polar surface area (TPSA) is 81.3 Å². The van der Waals surface area contributed by atoms with Crippen LogP contribution in [0.1, 0.15) is 33.5 Å². The third-order valence-electron chi connectivity index (χ3n) is 6.89. The van der Waals surface area contributed by atoms with Crippen LogP contribution in [0.5, 0.6) is 0 Å². The van der Waals surface area contributed by atoms with Gasteiger partial charge in [-0.3, -0.25) is 14.4 Å². The molecule has 9 nitrogen and oxygen atoms in total. The monoisotopic (exact) mass is 475 g/mol. The first kappa shape index (κ1) is 21.9. The lowest BCUT2D eigenvalue weighted by Crippen LogP contribution is -2.48. The summed E-state index contributed by atoms with van der Waals surface area (Å²) in [6.45, 7) is 4.29. The number of fused-ring (bicyclic) bond motifs is 2. The predicted molar refractivity (Wildman–Crippen MR) is 126 cm³/mol. The highest BCUT2D eigenvalue weighted by atomic mass is 19.1. The number of carbonyl (C=O) groups is 1. The van der Waals surface area contributed by atoms with Crippen molar-refractivity contribution < 1.29 is 13.9 Å². The Balaban J connectivity index is 1.09. The molecule has 1 unspecified atom stereocenters. The molecular weight excluding hydrogens is 449 g/mol. The van der Waals surface area contributed by atoms with Crippen molar-refractivity contribution in [1.29, 1.82) is 0 Å². The highest BCUT2D eigenvalue weighted by Gasteiger charge is 2.29. The predicted octanol–water partition coefficient (Wildman–Crippen LogP) is 2.53. The van der Waals surface area contributed by atoms with Crippen molar-refractivity contribution in [3.05, 3.63) is 77.0 Å². The van der Waals surface area contributed by atoms with E-state index in [2.05, 4.69) is 20.3 Å². The molecule has 2 aromatic heterocycles. The Labute approximate surface area is 201 Å². The van der Waals surface area contributed by atoms with E-state index in [0.717, 1.165) is 40.9 Å². The number of carbonyl (C=O) groups excluding carboxylic acids is 1. The van der Waals surface area contributed by atoms with Crippen molar-refractivity contribution in [2.24, 2.45) is 7.05 Å². The molecule has 1 atom stereocenters. The van der Waals surface area contributed by atoms with Crippen LogP contribution in [-0.2, 0) is 31.5 Å². The van der Waals surface area contributed by atoms with Crippen molar-refractivity contribution in [1.82, 2.24) is 34.6 Å². The van der Waals surface area contributed by atoms with Gasteiger partial charge in [0.25, 0.3) is 5.91 Å². The lowest BCUT2D eigenvalue weighted by Gasteiger charge is -2.34. The molecule has 0 bridgehead atoms. The molecule has 35 heavy (non-hydrogen) atoms. The molecule has 0 saturated carbocycles. The maximum absolute atomic E-state index is 13.6. The molecular formula is C25H26FN7O2. The van der Waals surface area contributed by atoms with Gasteiger partial charge in [-0.1, -0.05) is 35.5 Å². The molecule has 2 aliphatic heterocycles.